The predicted octanol–water partition coefficient (Wildman–Crippen LogP) is 1.05. The topological polar surface area (TPSA) is 98.3 Å². The van der Waals surface area contributed by atoms with E-state index in [0.29, 0.717) is 13.1 Å². The molecule has 0 aromatic heterocycles. The average Bonchev–Trinajstić information content (AvgIpc) is 2.25. The largest absolute Gasteiger partial charge is 0.351 e. The molecule has 1 rings (SSSR count). The first-order chi connectivity index (χ1) is 7.57. The van der Waals surface area contributed by atoms with Crippen LogP contribution < -0.4 is 11.1 Å². The summed E-state index contributed by atoms with van der Waals surface area (Å²) in [7, 11) is 0. The molecule has 6 nitrogen and oxygen atoms in total. The summed E-state index contributed by atoms with van der Waals surface area (Å²) in [6.07, 6.45) is 0. The third-order valence-corrected chi connectivity index (χ3v) is 2.68. The Morgan fingerprint density at radius 1 is 1.56 bits per heavy atom. The molecule has 1 amide bonds. The van der Waals surface area contributed by atoms with Crippen LogP contribution in [0.2, 0.25) is 0 Å². The molecule has 0 aliphatic rings. The highest BCUT2D eigenvalue weighted by Crippen LogP contribution is 2.27. The first kappa shape index (κ1) is 12.6. The van der Waals surface area contributed by atoms with Gasteiger partial charge in [-0.3, -0.25) is 14.9 Å². The van der Waals surface area contributed by atoms with Gasteiger partial charge in [0.05, 0.1) is 10.5 Å². The number of nitrogens with one attached hydrogen (secondary N) is 1. The van der Waals surface area contributed by atoms with E-state index in [1.165, 1.54) is 18.2 Å². The molecular formula is C9H10BrN3O3. The van der Waals surface area contributed by atoms with Crippen LogP contribution in [-0.2, 0) is 0 Å². The van der Waals surface area contributed by atoms with Gasteiger partial charge in [-0.05, 0) is 22.0 Å². The zero-order chi connectivity index (χ0) is 12.1. The number of carbonyl (C=O) groups is 1. The molecule has 0 bridgehead atoms. The molecule has 0 aliphatic heterocycles. The summed E-state index contributed by atoms with van der Waals surface area (Å²) in [5.41, 5.74) is 5.32. The Hall–Kier alpha value is -1.47. The maximum absolute atomic E-state index is 11.6. The Labute approximate surface area is 100 Å². The Kier molecular flexibility index (Phi) is 4.39. The first-order valence-corrected chi connectivity index (χ1v) is 5.28. The molecule has 0 atom stereocenters. The average molecular weight is 288 g/mol. The number of amides is 1. The van der Waals surface area contributed by atoms with Gasteiger partial charge >= 0.3 is 0 Å². The molecule has 16 heavy (non-hydrogen) atoms. The van der Waals surface area contributed by atoms with Gasteiger partial charge in [0, 0.05) is 19.2 Å². The Bertz CT molecular complexity index is 422. The molecule has 7 heteroatoms. The standard InChI is InChI=1S/C9H10BrN3O3/c10-8-6(9(14)12-5-4-11)2-1-3-7(8)13(15)16/h1-3H,4-5,11H2,(H,12,14). The van der Waals surface area contributed by atoms with E-state index in [2.05, 4.69) is 21.2 Å². The number of benzene rings is 1. The van der Waals surface area contributed by atoms with Crippen molar-refractivity contribution in [1.82, 2.24) is 5.32 Å². The number of nitro benzene ring substituents is 1. The molecule has 0 unspecified atom stereocenters. The molecular weight excluding hydrogens is 278 g/mol. The van der Waals surface area contributed by atoms with Crippen LogP contribution >= 0.6 is 15.9 Å². The quantitative estimate of drug-likeness (QED) is 0.639. The van der Waals surface area contributed by atoms with Crippen LogP contribution in [0.1, 0.15) is 10.4 Å². The third-order valence-electron chi connectivity index (χ3n) is 1.85. The highest BCUT2D eigenvalue weighted by molar-refractivity contribution is 9.10. The zero-order valence-corrected chi connectivity index (χ0v) is 9.86. The molecule has 86 valence electrons. The first-order valence-electron chi connectivity index (χ1n) is 4.49. The van der Waals surface area contributed by atoms with Crippen molar-refractivity contribution in [3.05, 3.63) is 38.3 Å². The van der Waals surface area contributed by atoms with Crippen LogP contribution in [-0.4, -0.2) is 23.9 Å². The van der Waals surface area contributed by atoms with E-state index in [9.17, 15) is 14.9 Å². The summed E-state index contributed by atoms with van der Waals surface area (Å²) < 4.78 is 0.175. The van der Waals surface area contributed by atoms with E-state index in [0.717, 1.165) is 0 Å². The second kappa shape index (κ2) is 5.57. The fourth-order valence-corrected chi connectivity index (χ4v) is 1.71. The van der Waals surface area contributed by atoms with E-state index in [1.54, 1.807) is 0 Å². The van der Waals surface area contributed by atoms with Crippen molar-refractivity contribution in [2.24, 2.45) is 5.73 Å². The zero-order valence-electron chi connectivity index (χ0n) is 8.27. The number of carbonyl (C=O) groups excluding carboxylic acids is 1. The second-order valence-electron chi connectivity index (χ2n) is 2.94. The molecule has 3 N–H and O–H groups in total. The smallest absolute Gasteiger partial charge is 0.284 e. The molecule has 0 heterocycles. The van der Waals surface area contributed by atoms with Crippen LogP contribution in [0.5, 0.6) is 0 Å². The normalized spacial score (nSPS) is 9.88. The van der Waals surface area contributed by atoms with Gasteiger partial charge in [-0.1, -0.05) is 6.07 Å². The fourth-order valence-electron chi connectivity index (χ4n) is 1.12. The van der Waals surface area contributed by atoms with Crippen molar-refractivity contribution in [2.75, 3.05) is 13.1 Å². The SMILES string of the molecule is NCCNC(=O)c1cccc([N+](=O)[O-])c1Br. The summed E-state index contributed by atoms with van der Waals surface area (Å²) in [5, 5.41) is 13.2. The van der Waals surface area contributed by atoms with E-state index in [-0.39, 0.29) is 21.6 Å². The van der Waals surface area contributed by atoms with Crippen LogP contribution in [0.4, 0.5) is 5.69 Å². The van der Waals surface area contributed by atoms with Crippen molar-refractivity contribution in [3.63, 3.8) is 0 Å². The number of nitrogens with zero attached hydrogens (tertiary/aromatic N) is 1. The van der Waals surface area contributed by atoms with E-state index in [1.807, 2.05) is 0 Å². The fraction of sp³-hybridized carbons (Fsp3) is 0.222. The summed E-state index contributed by atoms with van der Waals surface area (Å²) in [5.74, 6) is -0.388. The van der Waals surface area contributed by atoms with Gasteiger partial charge in [-0.2, -0.15) is 0 Å². The summed E-state index contributed by atoms with van der Waals surface area (Å²) >= 11 is 3.04. The summed E-state index contributed by atoms with van der Waals surface area (Å²) in [6.45, 7) is 0.645. The number of hydrogen-bond donors (Lipinski definition) is 2. The van der Waals surface area contributed by atoms with Gasteiger partial charge in [0.15, 0.2) is 0 Å². The number of halogens is 1. The molecule has 0 fully saturated rings. The number of rotatable bonds is 4. The van der Waals surface area contributed by atoms with E-state index >= 15 is 0 Å². The van der Waals surface area contributed by atoms with Crippen molar-refractivity contribution >= 4 is 27.5 Å². The minimum absolute atomic E-state index is 0.139. The van der Waals surface area contributed by atoms with E-state index < -0.39 is 4.92 Å². The number of hydrogen-bond acceptors (Lipinski definition) is 4. The maximum Gasteiger partial charge on any atom is 0.284 e. The highest BCUT2D eigenvalue weighted by Gasteiger charge is 2.18. The van der Waals surface area contributed by atoms with Gasteiger partial charge < -0.3 is 11.1 Å². The molecule has 0 radical (unpaired) electrons. The summed E-state index contributed by atoms with van der Waals surface area (Å²) in [4.78, 5) is 21.7. The second-order valence-corrected chi connectivity index (χ2v) is 3.73. The predicted molar refractivity (Wildman–Crippen MR) is 62.2 cm³/mol. The molecule has 0 spiro atoms. The minimum Gasteiger partial charge on any atom is -0.351 e. The lowest BCUT2D eigenvalue weighted by atomic mass is 10.2. The highest BCUT2D eigenvalue weighted by atomic mass is 79.9. The number of nitro groups is 1. The third kappa shape index (κ3) is 2.77. The Balaban J connectivity index is 3.01. The van der Waals surface area contributed by atoms with Crippen molar-refractivity contribution in [2.45, 2.75) is 0 Å². The summed E-state index contributed by atoms with van der Waals surface area (Å²) in [6, 6.07) is 4.28. The Morgan fingerprint density at radius 2 is 2.25 bits per heavy atom. The minimum atomic E-state index is -0.552. The van der Waals surface area contributed by atoms with Crippen molar-refractivity contribution < 1.29 is 9.72 Å². The monoisotopic (exact) mass is 287 g/mol. The lowest BCUT2D eigenvalue weighted by Crippen LogP contribution is -2.29. The molecule has 1 aromatic rings. The van der Waals surface area contributed by atoms with Gasteiger partial charge in [0.1, 0.15) is 4.47 Å². The van der Waals surface area contributed by atoms with Gasteiger partial charge in [0.25, 0.3) is 11.6 Å². The van der Waals surface area contributed by atoms with Crippen LogP contribution in [0.3, 0.4) is 0 Å². The van der Waals surface area contributed by atoms with Crippen LogP contribution in [0.25, 0.3) is 0 Å². The van der Waals surface area contributed by atoms with Crippen LogP contribution in [0, 0.1) is 10.1 Å². The lowest BCUT2D eigenvalue weighted by molar-refractivity contribution is -0.385. The molecule has 0 saturated carbocycles. The number of nitrogens with two attached hydrogens (primary N) is 1. The van der Waals surface area contributed by atoms with Crippen LogP contribution in [0.15, 0.2) is 22.7 Å². The molecule has 1 aromatic carbocycles. The van der Waals surface area contributed by atoms with Crippen molar-refractivity contribution in [3.8, 4) is 0 Å². The molecule has 0 saturated heterocycles. The maximum atomic E-state index is 11.6. The van der Waals surface area contributed by atoms with Gasteiger partial charge in [-0.15, -0.1) is 0 Å². The Morgan fingerprint density at radius 3 is 2.81 bits per heavy atom. The molecule has 0 aliphatic carbocycles. The van der Waals surface area contributed by atoms with Gasteiger partial charge in [0.2, 0.25) is 0 Å². The lowest BCUT2D eigenvalue weighted by Gasteiger charge is -2.05. The van der Waals surface area contributed by atoms with Gasteiger partial charge in [-0.25, -0.2) is 0 Å². The van der Waals surface area contributed by atoms with E-state index in [4.69, 9.17) is 5.73 Å². The van der Waals surface area contributed by atoms with Crippen molar-refractivity contribution in [1.29, 1.82) is 0 Å².